The highest BCUT2D eigenvalue weighted by Crippen LogP contribution is 2.16. The number of pyridine rings is 1. The SMILES string of the molecule is CCc1nnc(NC(=O)c2ccnc(Cl)c2)s1. The Kier molecular flexibility index (Phi) is 3.65. The van der Waals surface area contributed by atoms with E-state index < -0.39 is 0 Å². The lowest BCUT2D eigenvalue weighted by atomic mass is 10.2. The van der Waals surface area contributed by atoms with Crippen LogP contribution in [0.5, 0.6) is 0 Å². The first kappa shape index (κ1) is 11.9. The maximum absolute atomic E-state index is 11.8. The molecule has 2 heterocycles. The molecule has 2 aromatic heterocycles. The van der Waals surface area contributed by atoms with E-state index in [-0.39, 0.29) is 11.1 Å². The molecule has 0 radical (unpaired) electrons. The second-order valence-corrected chi connectivity index (χ2v) is 4.63. The van der Waals surface area contributed by atoms with Crippen LogP contribution in [0.1, 0.15) is 22.3 Å². The van der Waals surface area contributed by atoms with E-state index in [0.29, 0.717) is 10.7 Å². The Labute approximate surface area is 107 Å². The Bertz CT molecular complexity index is 543. The second-order valence-electron chi connectivity index (χ2n) is 3.18. The van der Waals surface area contributed by atoms with Gasteiger partial charge in [0.1, 0.15) is 10.2 Å². The highest BCUT2D eigenvalue weighted by atomic mass is 35.5. The van der Waals surface area contributed by atoms with E-state index in [0.717, 1.165) is 11.4 Å². The molecule has 0 bridgehead atoms. The van der Waals surface area contributed by atoms with Crippen LogP contribution < -0.4 is 5.32 Å². The zero-order valence-corrected chi connectivity index (χ0v) is 10.5. The minimum absolute atomic E-state index is 0.270. The van der Waals surface area contributed by atoms with Crippen LogP contribution in [0.2, 0.25) is 5.15 Å². The zero-order chi connectivity index (χ0) is 12.3. The molecule has 2 rings (SSSR count). The minimum atomic E-state index is -0.270. The van der Waals surface area contributed by atoms with E-state index in [1.807, 2.05) is 6.92 Å². The monoisotopic (exact) mass is 268 g/mol. The number of hydrogen-bond acceptors (Lipinski definition) is 5. The van der Waals surface area contributed by atoms with E-state index in [9.17, 15) is 4.79 Å². The van der Waals surface area contributed by atoms with Crippen LogP contribution >= 0.6 is 22.9 Å². The summed E-state index contributed by atoms with van der Waals surface area (Å²) >= 11 is 7.06. The smallest absolute Gasteiger partial charge is 0.257 e. The molecule has 0 aliphatic carbocycles. The summed E-state index contributed by atoms with van der Waals surface area (Å²) in [5.41, 5.74) is 0.443. The first-order valence-corrected chi connectivity index (χ1v) is 6.13. The third-order valence-electron chi connectivity index (χ3n) is 1.98. The van der Waals surface area contributed by atoms with Crippen molar-refractivity contribution in [3.63, 3.8) is 0 Å². The van der Waals surface area contributed by atoms with Crippen LogP contribution in [0.25, 0.3) is 0 Å². The molecule has 0 aromatic carbocycles. The van der Waals surface area contributed by atoms with Crippen molar-refractivity contribution in [1.29, 1.82) is 0 Å². The highest BCUT2D eigenvalue weighted by molar-refractivity contribution is 7.15. The van der Waals surface area contributed by atoms with Gasteiger partial charge in [-0.15, -0.1) is 10.2 Å². The van der Waals surface area contributed by atoms with Crippen molar-refractivity contribution in [2.24, 2.45) is 0 Å². The zero-order valence-electron chi connectivity index (χ0n) is 8.98. The van der Waals surface area contributed by atoms with E-state index in [2.05, 4.69) is 20.5 Å². The third-order valence-corrected chi connectivity index (χ3v) is 3.17. The van der Waals surface area contributed by atoms with Crippen LogP contribution in [-0.2, 0) is 6.42 Å². The number of rotatable bonds is 3. The molecule has 0 aliphatic heterocycles. The third kappa shape index (κ3) is 2.98. The summed E-state index contributed by atoms with van der Waals surface area (Å²) in [6, 6.07) is 3.08. The van der Waals surface area contributed by atoms with Crippen molar-refractivity contribution < 1.29 is 4.79 Å². The molecule has 1 N–H and O–H groups in total. The van der Waals surface area contributed by atoms with Gasteiger partial charge in [0.25, 0.3) is 5.91 Å². The number of nitrogens with zero attached hydrogens (tertiary/aromatic N) is 3. The molecule has 0 fully saturated rings. The summed E-state index contributed by atoms with van der Waals surface area (Å²) in [7, 11) is 0. The maximum atomic E-state index is 11.8. The lowest BCUT2D eigenvalue weighted by molar-refractivity contribution is 0.102. The first-order valence-electron chi connectivity index (χ1n) is 4.94. The van der Waals surface area contributed by atoms with Gasteiger partial charge in [0, 0.05) is 11.8 Å². The van der Waals surface area contributed by atoms with E-state index in [1.54, 1.807) is 6.07 Å². The molecule has 2 aromatic rings. The van der Waals surface area contributed by atoms with Crippen molar-refractivity contribution in [2.75, 3.05) is 5.32 Å². The molecule has 0 saturated carbocycles. The number of aryl methyl sites for hydroxylation is 1. The van der Waals surface area contributed by atoms with Crippen molar-refractivity contribution in [2.45, 2.75) is 13.3 Å². The normalized spacial score (nSPS) is 10.2. The largest absolute Gasteiger partial charge is 0.296 e. The number of nitrogens with one attached hydrogen (secondary N) is 1. The first-order chi connectivity index (χ1) is 8.19. The van der Waals surface area contributed by atoms with Crippen LogP contribution in [-0.4, -0.2) is 21.1 Å². The fourth-order valence-electron chi connectivity index (χ4n) is 1.16. The molecule has 17 heavy (non-hydrogen) atoms. The molecule has 0 atom stereocenters. The van der Waals surface area contributed by atoms with Crippen LogP contribution in [0.15, 0.2) is 18.3 Å². The molecule has 0 aliphatic rings. The maximum Gasteiger partial charge on any atom is 0.257 e. The molecule has 0 saturated heterocycles. The second kappa shape index (κ2) is 5.20. The number of hydrogen-bond donors (Lipinski definition) is 1. The van der Waals surface area contributed by atoms with Gasteiger partial charge in [0.05, 0.1) is 0 Å². The van der Waals surface area contributed by atoms with Gasteiger partial charge in [-0.3, -0.25) is 10.1 Å². The molecule has 7 heteroatoms. The molecule has 0 spiro atoms. The van der Waals surface area contributed by atoms with Crippen LogP contribution in [0.4, 0.5) is 5.13 Å². The fourth-order valence-corrected chi connectivity index (χ4v) is 2.01. The van der Waals surface area contributed by atoms with Crippen LogP contribution in [0.3, 0.4) is 0 Å². The Hall–Kier alpha value is -1.53. The van der Waals surface area contributed by atoms with Gasteiger partial charge in [0.2, 0.25) is 5.13 Å². The summed E-state index contributed by atoms with van der Waals surface area (Å²) in [5.74, 6) is -0.270. The quantitative estimate of drug-likeness (QED) is 0.868. The predicted molar refractivity (Wildman–Crippen MR) is 66.5 cm³/mol. The highest BCUT2D eigenvalue weighted by Gasteiger charge is 2.10. The number of halogens is 1. The van der Waals surface area contributed by atoms with Crippen molar-refractivity contribution in [3.8, 4) is 0 Å². The Morgan fingerprint density at radius 3 is 3.00 bits per heavy atom. The molecule has 88 valence electrons. The number of carbonyl (C=O) groups is 1. The van der Waals surface area contributed by atoms with E-state index >= 15 is 0 Å². The van der Waals surface area contributed by atoms with Gasteiger partial charge in [-0.2, -0.15) is 0 Å². The Morgan fingerprint density at radius 1 is 1.53 bits per heavy atom. The van der Waals surface area contributed by atoms with Crippen LogP contribution in [0, 0.1) is 0 Å². The minimum Gasteiger partial charge on any atom is -0.296 e. The van der Waals surface area contributed by atoms with Crippen molar-refractivity contribution in [3.05, 3.63) is 34.1 Å². The molecule has 1 amide bonds. The lowest BCUT2D eigenvalue weighted by Crippen LogP contribution is -2.11. The Balaban J connectivity index is 2.11. The standard InChI is InChI=1S/C10H9ClN4OS/c1-2-8-14-15-10(17-8)13-9(16)6-3-4-12-7(11)5-6/h3-5H,2H2,1H3,(H,13,15,16). The topological polar surface area (TPSA) is 67.8 Å². The number of amides is 1. The van der Waals surface area contributed by atoms with Gasteiger partial charge in [-0.1, -0.05) is 29.9 Å². The van der Waals surface area contributed by atoms with Gasteiger partial charge in [0.15, 0.2) is 0 Å². The van der Waals surface area contributed by atoms with Gasteiger partial charge in [-0.05, 0) is 18.6 Å². The number of aromatic nitrogens is 3. The summed E-state index contributed by atoms with van der Waals surface area (Å²) in [6.45, 7) is 1.98. The Morgan fingerprint density at radius 2 is 2.35 bits per heavy atom. The fraction of sp³-hybridized carbons (Fsp3) is 0.200. The average molecular weight is 269 g/mol. The predicted octanol–water partition coefficient (Wildman–Crippen LogP) is 2.40. The summed E-state index contributed by atoms with van der Waals surface area (Å²) in [5, 5.41) is 12.1. The van der Waals surface area contributed by atoms with E-state index in [1.165, 1.54) is 23.6 Å². The number of carbonyl (C=O) groups excluding carboxylic acids is 1. The molecule has 5 nitrogen and oxygen atoms in total. The molecule has 0 unspecified atom stereocenters. The summed E-state index contributed by atoms with van der Waals surface area (Å²) in [6.07, 6.45) is 2.28. The van der Waals surface area contributed by atoms with Gasteiger partial charge < -0.3 is 0 Å². The van der Waals surface area contributed by atoms with Crippen molar-refractivity contribution in [1.82, 2.24) is 15.2 Å². The lowest BCUT2D eigenvalue weighted by Gasteiger charge is -2.00. The summed E-state index contributed by atoms with van der Waals surface area (Å²) in [4.78, 5) is 15.6. The summed E-state index contributed by atoms with van der Waals surface area (Å²) < 4.78 is 0. The molecular formula is C10H9ClN4OS. The van der Waals surface area contributed by atoms with Gasteiger partial charge in [-0.25, -0.2) is 4.98 Å². The van der Waals surface area contributed by atoms with Crippen molar-refractivity contribution >= 4 is 34.0 Å². The molecular weight excluding hydrogens is 260 g/mol. The number of anilines is 1. The van der Waals surface area contributed by atoms with E-state index in [4.69, 9.17) is 11.6 Å². The van der Waals surface area contributed by atoms with Gasteiger partial charge >= 0.3 is 0 Å². The average Bonchev–Trinajstić information content (AvgIpc) is 2.77.